The van der Waals surface area contributed by atoms with Gasteiger partial charge in [0.2, 0.25) is 0 Å². The van der Waals surface area contributed by atoms with E-state index in [0.29, 0.717) is 33.8 Å². The summed E-state index contributed by atoms with van der Waals surface area (Å²) >= 11 is 6.31. The van der Waals surface area contributed by atoms with E-state index in [1.165, 1.54) is 24.3 Å². The minimum absolute atomic E-state index is 0.221. The van der Waals surface area contributed by atoms with Gasteiger partial charge in [-0.1, -0.05) is 40.7 Å². The number of hydroxylamine groups is 2. The third-order valence-corrected chi connectivity index (χ3v) is 6.16. The van der Waals surface area contributed by atoms with E-state index in [1.54, 1.807) is 42.6 Å². The van der Waals surface area contributed by atoms with Crippen LogP contribution in [-0.4, -0.2) is 47.4 Å². The van der Waals surface area contributed by atoms with Crippen molar-refractivity contribution in [2.24, 2.45) is 0 Å². The van der Waals surface area contributed by atoms with Gasteiger partial charge in [0.25, 0.3) is 0 Å². The quantitative estimate of drug-likeness (QED) is 0.340. The van der Waals surface area contributed by atoms with E-state index >= 15 is 0 Å². The normalized spacial score (nSPS) is 15.2. The summed E-state index contributed by atoms with van der Waals surface area (Å²) in [5.41, 5.74) is 2.50. The summed E-state index contributed by atoms with van der Waals surface area (Å²) in [6.07, 6.45) is 0.942. The maximum atomic E-state index is 14.0. The van der Waals surface area contributed by atoms with Crippen molar-refractivity contribution in [3.63, 3.8) is 0 Å². The SMILES string of the molecule is COC(=O)COc1ccc(Cl)cc1[C@@H]1c2ccc(F)cc2CCN1OC(=O)On1ncc2ccccc21. The Balaban J connectivity index is 1.48. The lowest BCUT2D eigenvalue weighted by molar-refractivity contribution is -0.153. The standard InChI is InChI=1S/C26H21ClFN3O6/c1-34-24(32)15-35-23-9-6-18(27)13-21(23)25-20-8-7-19(28)12-16(20)10-11-30(25)36-26(33)37-31-22-5-3-2-4-17(22)14-29-31/h2-9,12-14,25H,10-11,15H2,1H3/t25-/m0/s1. The van der Waals surface area contributed by atoms with E-state index in [9.17, 15) is 14.0 Å². The Kier molecular flexibility index (Phi) is 6.93. The molecule has 1 aromatic heterocycles. The van der Waals surface area contributed by atoms with Crippen molar-refractivity contribution in [2.45, 2.75) is 12.5 Å². The van der Waals surface area contributed by atoms with Gasteiger partial charge in [0.05, 0.1) is 19.3 Å². The molecule has 37 heavy (non-hydrogen) atoms. The summed E-state index contributed by atoms with van der Waals surface area (Å²) in [7, 11) is 1.25. The summed E-state index contributed by atoms with van der Waals surface area (Å²) in [4.78, 5) is 36.6. The third kappa shape index (κ3) is 5.20. The van der Waals surface area contributed by atoms with Crippen LogP contribution >= 0.6 is 11.6 Å². The molecule has 4 aromatic rings. The van der Waals surface area contributed by atoms with Crippen LogP contribution in [0.2, 0.25) is 5.02 Å². The number of hydrogen-bond acceptors (Lipinski definition) is 8. The summed E-state index contributed by atoms with van der Waals surface area (Å²) in [6.45, 7) is -0.123. The Bertz CT molecular complexity index is 1480. The van der Waals surface area contributed by atoms with Gasteiger partial charge in [-0.25, -0.2) is 9.18 Å². The van der Waals surface area contributed by atoms with E-state index in [0.717, 1.165) is 15.8 Å². The Morgan fingerprint density at radius 1 is 1.08 bits per heavy atom. The lowest BCUT2D eigenvalue weighted by Gasteiger charge is -2.36. The zero-order valence-corrected chi connectivity index (χ0v) is 20.4. The molecule has 1 aliphatic rings. The molecule has 9 nitrogen and oxygen atoms in total. The van der Waals surface area contributed by atoms with Crippen molar-refractivity contribution in [3.05, 3.63) is 94.4 Å². The number of aromatic nitrogens is 2. The topological polar surface area (TPSA) is 92.1 Å². The van der Waals surface area contributed by atoms with Crippen LogP contribution in [0.5, 0.6) is 5.75 Å². The molecule has 0 amide bonds. The molecule has 2 heterocycles. The van der Waals surface area contributed by atoms with Crippen LogP contribution < -0.4 is 9.57 Å². The first-order valence-corrected chi connectivity index (χ1v) is 11.7. The van der Waals surface area contributed by atoms with Crippen molar-refractivity contribution >= 4 is 34.6 Å². The third-order valence-electron chi connectivity index (χ3n) is 5.93. The van der Waals surface area contributed by atoms with Crippen LogP contribution in [0.25, 0.3) is 10.9 Å². The maximum Gasteiger partial charge on any atom is 0.555 e. The van der Waals surface area contributed by atoms with Crippen LogP contribution in [-0.2, 0) is 20.8 Å². The monoisotopic (exact) mass is 525 g/mol. The number of carbonyl (C=O) groups is 2. The number of esters is 1. The average molecular weight is 526 g/mol. The Labute approximate surface area is 215 Å². The van der Waals surface area contributed by atoms with Gasteiger partial charge in [-0.15, -0.1) is 10.2 Å². The van der Waals surface area contributed by atoms with Crippen molar-refractivity contribution in [1.29, 1.82) is 0 Å². The second kappa shape index (κ2) is 10.5. The number of hydrogen-bond donors (Lipinski definition) is 0. The highest BCUT2D eigenvalue weighted by Gasteiger charge is 2.35. The molecule has 190 valence electrons. The molecular formula is C26H21ClFN3O6. The van der Waals surface area contributed by atoms with Gasteiger partial charge >= 0.3 is 12.1 Å². The lowest BCUT2D eigenvalue weighted by atomic mass is 9.89. The van der Waals surface area contributed by atoms with E-state index in [1.807, 2.05) is 12.1 Å². The summed E-state index contributed by atoms with van der Waals surface area (Å²) < 4.78 is 24.4. The summed E-state index contributed by atoms with van der Waals surface area (Å²) in [5.74, 6) is -0.641. The second-order valence-corrected chi connectivity index (χ2v) is 8.63. The smallest absolute Gasteiger partial charge is 0.482 e. The molecular weight excluding hydrogens is 505 g/mol. The van der Waals surface area contributed by atoms with Crippen LogP contribution in [0.3, 0.4) is 0 Å². The van der Waals surface area contributed by atoms with Crippen molar-refractivity contribution in [2.75, 3.05) is 20.3 Å². The molecule has 3 aromatic carbocycles. The molecule has 0 N–H and O–H groups in total. The molecule has 1 atom stereocenters. The fraction of sp³-hybridized carbons (Fsp3) is 0.192. The first-order chi connectivity index (χ1) is 17.9. The van der Waals surface area contributed by atoms with Gasteiger partial charge in [-0.2, -0.15) is 4.79 Å². The minimum atomic E-state index is -1.02. The molecule has 0 saturated carbocycles. The van der Waals surface area contributed by atoms with Crippen LogP contribution in [0.1, 0.15) is 22.7 Å². The first kappa shape index (κ1) is 24.5. The number of methoxy groups -OCH3 is 1. The highest BCUT2D eigenvalue weighted by Crippen LogP contribution is 2.41. The number of para-hydroxylation sites is 1. The number of rotatable bonds is 6. The molecule has 0 saturated heterocycles. The molecule has 0 aliphatic carbocycles. The average Bonchev–Trinajstić information content (AvgIpc) is 3.30. The molecule has 5 rings (SSSR count). The zero-order valence-electron chi connectivity index (χ0n) is 19.6. The van der Waals surface area contributed by atoms with Crippen LogP contribution in [0.15, 0.2) is 66.9 Å². The lowest BCUT2D eigenvalue weighted by Crippen LogP contribution is -2.40. The molecule has 1 aliphatic heterocycles. The largest absolute Gasteiger partial charge is 0.555 e. The highest BCUT2D eigenvalue weighted by atomic mass is 35.5. The minimum Gasteiger partial charge on any atom is -0.482 e. The van der Waals surface area contributed by atoms with Crippen molar-refractivity contribution in [1.82, 2.24) is 15.0 Å². The van der Waals surface area contributed by atoms with Gasteiger partial charge in [0.15, 0.2) is 6.61 Å². The number of nitrogens with zero attached hydrogens (tertiary/aromatic N) is 3. The molecule has 0 radical (unpaired) electrons. The van der Waals surface area contributed by atoms with E-state index < -0.39 is 18.2 Å². The maximum absolute atomic E-state index is 14.0. The predicted molar refractivity (Wildman–Crippen MR) is 130 cm³/mol. The predicted octanol–water partition coefficient (Wildman–Crippen LogP) is 4.51. The number of halogens is 2. The van der Waals surface area contributed by atoms with Gasteiger partial charge in [-0.3, -0.25) is 4.84 Å². The van der Waals surface area contributed by atoms with E-state index in [2.05, 4.69) is 9.84 Å². The van der Waals surface area contributed by atoms with Crippen LogP contribution in [0.4, 0.5) is 9.18 Å². The number of ether oxygens (including phenoxy) is 2. The fourth-order valence-electron chi connectivity index (χ4n) is 4.26. The number of fused-ring (bicyclic) bond motifs is 2. The van der Waals surface area contributed by atoms with Gasteiger partial charge in [0.1, 0.15) is 17.1 Å². The Hall–Kier alpha value is -4.15. The Morgan fingerprint density at radius 2 is 1.92 bits per heavy atom. The molecule has 11 heteroatoms. The fourth-order valence-corrected chi connectivity index (χ4v) is 4.44. The van der Waals surface area contributed by atoms with E-state index in [4.69, 9.17) is 26.0 Å². The van der Waals surface area contributed by atoms with E-state index in [-0.39, 0.29) is 19.0 Å². The number of carbonyl (C=O) groups excluding carboxylic acids is 2. The molecule has 0 unspecified atom stereocenters. The first-order valence-electron chi connectivity index (χ1n) is 11.3. The molecule has 0 fully saturated rings. The number of benzene rings is 3. The van der Waals surface area contributed by atoms with Crippen molar-refractivity contribution < 1.29 is 33.1 Å². The van der Waals surface area contributed by atoms with Crippen molar-refractivity contribution in [3.8, 4) is 5.75 Å². The summed E-state index contributed by atoms with van der Waals surface area (Å²) in [6, 6.07) is 15.7. The zero-order chi connectivity index (χ0) is 25.9. The second-order valence-electron chi connectivity index (χ2n) is 8.19. The Morgan fingerprint density at radius 3 is 2.76 bits per heavy atom. The molecule has 0 bridgehead atoms. The highest BCUT2D eigenvalue weighted by molar-refractivity contribution is 6.30. The van der Waals surface area contributed by atoms with Gasteiger partial charge < -0.3 is 14.3 Å². The van der Waals surface area contributed by atoms with Gasteiger partial charge in [0, 0.05) is 22.5 Å². The molecule has 0 spiro atoms. The van der Waals surface area contributed by atoms with Crippen LogP contribution in [0, 0.1) is 5.82 Å². The summed E-state index contributed by atoms with van der Waals surface area (Å²) in [5, 5.41) is 6.66. The van der Waals surface area contributed by atoms with Gasteiger partial charge in [-0.05, 0) is 53.9 Å².